The van der Waals surface area contributed by atoms with Crippen LogP contribution in [0.2, 0.25) is 0 Å². The Hall–Kier alpha value is -0.0800. The summed E-state index contributed by atoms with van der Waals surface area (Å²) in [6.45, 7) is 9.72. The van der Waals surface area contributed by atoms with Gasteiger partial charge in [-0.15, -0.1) is 0 Å². The van der Waals surface area contributed by atoms with Gasteiger partial charge in [0.1, 0.15) is 0 Å². The standard InChI is InChI=1S/C9H18O2/c1-7(2)6-9(5,10)8(3,4)11-7/h10H,6H2,1-5H3. The smallest absolute Gasteiger partial charge is 0.0930 e. The molecule has 1 unspecified atom stereocenters. The average molecular weight is 158 g/mol. The molecule has 0 aromatic heterocycles. The Morgan fingerprint density at radius 1 is 1.09 bits per heavy atom. The van der Waals surface area contributed by atoms with Crippen LogP contribution in [-0.2, 0) is 4.74 Å². The fraction of sp³-hybridized carbons (Fsp3) is 1.00. The molecule has 1 aliphatic heterocycles. The minimum atomic E-state index is -0.698. The number of aliphatic hydroxyl groups is 1. The highest BCUT2D eigenvalue weighted by atomic mass is 16.5. The fourth-order valence-electron chi connectivity index (χ4n) is 1.88. The molecule has 2 nitrogen and oxygen atoms in total. The van der Waals surface area contributed by atoms with Gasteiger partial charge in [0.15, 0.2) is 0 Å². The molecule has 1 rings (SSSR count). The lowest BCUT2D eigenvalue weighted by atomic mass is 9.84. The van der Waals surface area contributed by atoms with Crippen molar-refractivity contribution in [1.29, 1.82) is 0 Å². The molecule has 1 fully saturated rings. The van der Waals surface area contributed by atoms with Crippen LogP contribution in [0.25, 0.3) is 0 Å². The Morgan fingerprint density at radius 3 is 1.64 bits per heavy atom. The van der Waals surface area contributed by atoms with E-state index in [9.17, 15) is 5.11 Å². The summed E-state index contributed by atoms with van der Waals surface area (Å²) in [6, 6.07) is 0. The van der Waals surface area contributed by atoms with Crippen molar-refractivity contribution in [2.75, 3.05) is 0 Å². The summed E-state index contributed by atoms with van der Waals surface area (Å²) in [5.41, 5.74) is -1.31. The van der Waals surface area contributed by atoms with Crippen molar-refractivity contribution in [3.63, 3.8) is 0 Å². The van der Waals surface area contributed by atoms with Gasteiger partial charge in [0, 0.05) is 6.42 Å². The van der Waals surface area contributed by atoms with Crippen LogP contribution in [0.3, 0.4) is 0 Å². The number of hydrogen-bond donors (Lipinski definition) is 1. The van der Waals surface area contributed by atoms with Gasteiger partial charge >= 0.3 is 0 Å². The number of hydrogen-bond acceptors (Lipinski definition) is 2. The summed E-state index contributed by atoms with van der Waals surface area (Å²) in [6.07, 6.45) is 0.701. The topological polar surface area (TPSA) is 29.5 Å². The lowest BCUT2D eigenvalue weighted by Gasteiger charge is -2.31. The van der Waals surface area contributed by atoms with Crippen molar-refractivity contribution >= 4 is 0 Å². The predicted octanol–water partition coefficient (Wildman–Crippen LogP) is 1.71. The zero-order valence-corrected chi connectivity index (χ0v) is 8.06. The molecule has 1 aliphatic rings. The number of ether oxygens (including phenoxy) is 1. The van der Waals surface area contributed by atoms with Gasteiger partial charge in [-0.3, -0.25) is 0 Å². The molecule has 0 aromatic carbocycles. The van der Waals surface area contributed by atoms with E-state index in [0.717, 1.165) is 0 Å². The first-order valence-corrected chi connectivity index (χ1v) is 4.09. The molecule has 0 aliphatic carbocycles. The van der Waals surface area contributed by atoms with Crippen LogP contribution in [0.5, 0.6) is 0 Å². The van der Waals surface area contributed by atoms with Crippen molar-refractivity contribution in [2.24, 2.45) is 0 Å². The van der Waals surface area contributed by atoms with Gasteiger partial charge in [0.2, 0.25) is 0 Å². The molecule has 1 heterocycles. The van der Waals surface area contributed by atoms with Crippen molar-refractivity contribution in [2.45, 2.75) is 57.8 Å². The molecule has 1 N–H and O–H groups in total. The van der Waals surface area contributed by atoms with E-state index in [1.807, 2.05) is 34.6 Å². The first kappa shape index (κ1) is 9.01. The van der Waals surface area contributed by atoms with Crippen LogP contribution < -0.4 is 0 Å². The first-order valence-electron chi connectivity index (χ1n) is 4.09. The van der Waals surface area contributed by atoms with Gasteiger partial charge in [-0.2, -0.15) is 0 Å². The minimum Gasteiger partial charge on any atom is -0.387 e. The molecule has 66 valence electrons. The zero-order valence-electron chi connectivity index (χ0n) is 8.06. The summed E-state index contributed by atoms with van der Waals surface area (Å²) < 4.78 is 5.70. The summed E-state index contributed by atoms with van der Waals surface area (Å²) in [4.78, 5) is 0. The van der Waals surface area contributed by atoms with E-state index in [-0.39, 0.29) is 5.60 Å². The van der Waals surface area contributed by atoms with E-state index >= 15 is 0 Å². The minimum absolute atomic E-state index is 0.188. The monoisotopic (exact) mass is 158 g/mol. The van der Waals surface area contributed by atoms with Crippen LogP contribution in [0.4, 0.5) is 0 Å². The summed E-state index contributed by atoms with van der Waals surface area (Å²) in [7, 11) is 0. The van der Waals surface area contributed by atoms with Gasteiger partial charge < -0.3 is 9.84 Å². The fourth-order valence-corrected chi connectivity index (χ4v) is 1.88. The molecule has 1 saturated heterocycles. The highest BCUT2D eigenvalue weighted by molar-refractivity contribution is 5.03. The van der Waals surface area contributed by atoms with Crippen molar-refractivity contribution < 1.29 is 9.84 Å². The van der Waals surface area contributed by atoms with Gasteiger partial charge in [-0.1, -0.05) is 0 Å². The molecule has 0 radical (unpaired) electrons. The molecule has 2 heteroatoms. The van der Waals surface area contributed by atoms with Gasteiger partial charge in [0.05, 0.1) is 16.8 Å². The van der Waals surface area contributed by atoms with Crippen molar-refractivity contribution in [3.05, 3.63) is 0 Å². The molecular weight excluding hydrogens is 140 g/mol. The highest BCUT2D eigenvalue weighted by Gasteiger charge is 2.53. The second-order valence-corrected chi connectivity index (χ2v) is 4.82. The molecular formula is C9H18O2. The van der Waals surface area contributed by atoms with E-state index in [1.54, 1.807) is 0 Å². The maximum Gasteiger partial charge on any atom is 0.0930 e. The predicted molar refractivity (Wildman–Crippen MR) is 44.5 cm³/mol. The summed E-state index contributed by atoms with van der Waals surface area (Å²) in [5, 5.41) is 9.93. The summed E-state index contributed by atoms with van der Waals surface area (Å²) >= 11 is 0. The van der Waals surface area contributed by atoms with Gasteiger partial charge in [-0.25, -0.2) is 0 Å². The third-order valence-corrected chi connectivity index (χ3v) is 2.60. The molecule has 1 atom stereocenters. The largest absolute Gasteiger partial charge is 0.387 e. The van der Waals surface area contributed by atoms with Crippen molar-refractivity contribution in [3.8, 4) is 0 Å². The SMILES string of the molecule is CC1(C)CC(C)(O)C(C)(C)O1. The molecule has 11 heavy (non-hydrogen) atoms. The quantitative estimate of drug-likeness (QED) is 0.581. The third-order valence-electron chi connectivity index (χ3n) is 2.60. The highest BCUT2D eigenvalue weighted by Crippen LogP contribution is 2.44. The van der Waals surface area contributed by atoms with E-state index in [4.69, 9.17) is 4.74 Å². The Balaban J connectivity index is 2.89. The van der Waals surface area contributed by atoms with Crippen LogP contribution in [0, 0.1) is 0 Å². The van der Waals surface area contributed by atoms with Crippen LogP contribution in [0.1, 0.15) is 41.0 Å². The second kappa shape index (κ2) is 1.99. The van der Waals surface area contributed by atoms with Gasteiger partial charge in [0.25, 0.3) is 0 Å². The second-order valence-electron chi connectivity index (χ2n) is 4.82. The molecule has 0 amide bonds. The van der Waals surface area contributed by atoms with E-state index in [0.29, 0.717) is 6.42 Å². The first-order chi connectivity index (χ1) is 4.66. The molecule has 0 aromatic rings. The van der Waals surface area contributed by atoms with Gasteiger partial charge in [-0.05, 0) is 34.6 Å². The Bertz CT molecular complexity index is 150. The zero-order chi connectivity index (χ0) is 8.91. The third kappa shape index (κ3) is 1.42. The lowest BCUT2D eigenvalue weighted by molar-refractivity contribution is -0.119. The Morgan fingerprint density at radius 2 is 1.55 bits per heavy atom. The summed E-state index contributed by atoms with van der Waals surface area (Å²) in [5.74, 6) is 0. The van der Waals surface area contributed by atoms with Crippen molar-refractivity contribution in [1.82, 2.24) is 0 Å². The van der Waals surface area contributed by atoms with Crippen LogP contribution in [-0.4, -0.2) is 21.9 Å². The van der Waals surface area contributed by atoms with Crippen LogP contribution in [0.15, 0.2) is 0 Å². The molecule has 0 bridgehead atoms. The number of rotatable bonds is 0. The van der Waals surface area contributed by atoms with E-state index in [1.165, 1.54) is 0 Å². The normalized spacial score (nSPS) is 40.9. The molecule has 0 spiro atoms. The maximum atomic E-state index is 9.93. The average Bonchev–Trinajstić information content (AvgIpc) is 1.66. The lowest BCUT2D eigenvalue weighted by Crippen LogP contribution is -2.43. The Labute approximate surface area is 68.6 Å². The maximum absolute atomic E-state index is 9.93. The van der Waals surface area contributed by atoms with Crippen LogP contribution >= 0.6 is 0 Å². The Kier molecular flexibility index (Phi) is 1.63. The van der Waals surface area contributed by atoms with E-state index < -0.39 is 11.2 Å². The van der Waals surface area contributed by atoms with E-state index in [2.05, 4.69) is 0 Å². The molecule has 0 saturated carbocycles.